The average molecular weight is 310 g/mol. The number of H-pyrrole nitrogens is 2. The van der Waals surface area contributed by atoms with Crippen LogP contribution >= 0.6 is 11.6 Å². The van der Waals surface area contributed by atoms with Crippen LogP contribution in [0.25, 0.3) is 21.8 Å². The minimum atomic E-state index is -0.180. The molecule has 0 aliphatic rings. The van der Waals surface area contributed by atoms with Crippen molar-refractivity contribution in [2.75, 3.05) is 5.32 Å². The number of carbonyl (C=O) groups excluding carboxylic acids is 1. The number of fused-ring (bicyclic) bond motifs is 2. The molecule has 0 bridgehead atoms. The van der Waals surface area contributed by atoms with Crippen LogP contribution in [0.15, 0.2) is 54.7 Å². The molecule has 1 amide bonds. The lowest BCUT2D eigenvalue weighted by Crippen LogP contribution is -2.12. The summed E-state index contributed by atoms with van der Waals surface area (Å²) in [5.74, 6) is -0.180. The first-order chi connectivity index (χ1) is 10.7. The van der Waals surface area contributed by atoms with Crippen molar-refractivity contribution >= 4 is 45.0 Å². The van der Waals surface area contributed by atoms with Gasteiger partial charge in [-0.1, -0.05) is 23.7 Å². The molecule has 2 heterocycles. The van der Waals surface area contributed by atoms with Crippen LogP contribution < -0.4 is 5.32 Å². The van der Waals surface area contributed by atoms with Gasteiger partial charge >= 0.3 is 0 Å². The van der Waals surface area contributed by atoms with Crippen LogP contribution in [0.3, 0.4) is 0 Å². The molecule has 2 aromatic heterocycles. The van der Waals surface area contributed by atoms with E-state index in [1.807, 2.05) is 42.6 Å². The summed E-state index contributed by atoms with van der Waals surface area (Å²) in [5, 5.41) is 5.51. The third-order valence-corrected chi connectivity index (χ3v) is 3.91. The van der Waals surface area contributed by atoms with E-state index < -0.39 is 0 Å². The highest BCUT2D eigenvalue weighted by molar-refractivity contribution is 6.31. The highest BCUT2D eigenvalue weighted by Crippen LogP contribution is 2.24. The number of amides is 1. The molecule has 0 spiro atoms. The smallest absolute Gasteiger partial charge is 0.272 e. The Hall–Kier alpha value is -2.72. The summed E-state index contributed by atoms with van der Waals surface area (Å²) >= 11 is 5.97. The maximum absolute atomic E-state index is 12.4. The van der Waals surface area contributed by atoms with Gasteiger partial charge in [-0.15, -0.1) is 0 Å². The number of anilines is 1. The zero-order valence-electron chi connectivity index (χ0n) is 11.5. The van der Waals surface area contributed by atoms with Crippen LogP contribution in [-0.2, 0) is 0 Å². The lowest BCUT2D eigenvalue weighted by atomic mass is 10.2. The van der Waals surface area contributed by atoms with Gasteiger partial charge in [-0.3, -0.25) is 4.79 Å². The fourth-order valence-electron chi connectivity index (χ4n) is 2.61. The number of hydrogen-bond donors (Lipinski definition) is 3. The second-order valence-electron chi connectivity index (χ2n) is 5.11. The van der Waals surface area contributed by atoms with Crippen molar-refractivity contribution in [1.29, 1.82) is 0 Å². The average Bonchev–Trinajstić information content (AvgIpc) is 3.13. The van der Waals surface area contributed by atoms with Crippen molar-refractivity contribution in [3.63, 3.8) is 0 Å². The second kappa shape index (κ2) is 4.93. The maximum atomic E-state index is 12.4. The summed E-state index contributed by atoms with van der Waals surface area (Å²) in [7, 11) is 0. The van der Waals surface area contributed by atoms with Crippen molar-refractivity contribution in [2.45, 2.75) is 0 Å². The minimum Gasteiger partial charge on any atom is -0.361 e. The van der Waals surface area contributed by atoms with Crippen LogP contribution in [0.1, 0.15) is 10.5 Å². The van der Waals surface area contributed by atoms with Gasteiger partial charge in [0, 0.05) is 33.0 Å². The summed E-state index contributed by atoms with van der Waals surface area (Å²) in [5.41, 5.74) is 3.11. The van der Waals surface area contributed by atoms with Gasteiger partial charge in [0.05, 0.1) is 5.69 Å². The van der Waals surface area contributed by atoms with Crippen molar-refractivity contribution < 1.29 is 4.79 Å². The standard InChI is InChI=1S/C17H12ClN3O/c18-11-5-4-10-8-16(20-15(10)9-11)17(22)21-14-3-1-2-13-12(14)6-7-19-13/h1-9,19-20H,(H,21,22). The zero-order chi connectivity index (χ0) is 15.1. The molecule has 0 atom stereocenters. The molecular weight excluding hydrogens is 298 g/mol. The molecule has 0 saturated carbocycles. The molecule has 0 fully saturated rings. The molecule has 2 aromatic carbocycles. The third kappa shape index (κ3) is 2.14. The highest BCUT2D eigenvalue weighted by atomic mass is 35.5. The number of hydrogen-bond acceptors (Lipinski definition) is 1. The summed E-state index contributed by atoms with van der Waals surface area (Å²) in [4.78, 5) is 18.7. The molecule has 4 rings (SSSR count). The number of benzene rings is 2. The maximum Gasteiger partial charge on any atom is 0.272 e. The summed E-state index contributed by atoms with van der Waals surface area (Å²) in [6, 6.07) is 15.0. The van der Waals surface area contributed by atoms with E-state index in [1.165, 1.54) is 0 Å². The Labute approximate surface area is 131 Å². The first-order valence-electron chi connectivity index (χ1n) is 6.86. The molecule has 0 aliphatic carbocycles. The van der Waals surface area contributed by atoms with Crippen molar-refractivity contribution in [3.8, 4) is 0 Å². The van der Waals surface area contributed by atoms with E-state index in [1.54, 1.807) is 12.1 Å². The summed E-state index contributed by atoms with van der Waals surface area (Å²) < 4.78 is 0. The zero-order valence-corrected chi connectivity index (χ0v) is 12.2. The van der Waals surface area contributed by atoms with Gasteiger partial charge in [-0.25, -0.2) is 0 Å². The Bertz CT molecular complexity index is 999. The highest BCUT2D eigenvalue weighted by Gasteiger charge is 2.11. The van der Waals surface area contributed by atoms with E-state index in [2.05, 4.69) is 15.3 Å². The number of aromatic nitrogens is 2. The second-order valence-corrected chi connectivity index (χ2v) is 5.55. The van der Waals surface area contributed by atoms with Crippen LogP contribution in [0.2, 0.25) is 5.02 Å². The van der Waals surface area contributed by atoms with Crippen LogP contribution in [-0.4, -0.2) is 15.9 Å². The van der Waals surface area contributed by atoms with E-state index in [0.29, 0.717) is 10.7 Å². The number of nitrogens with one attached hydrogen (secondary N) is 3. The van der Waals surface area contributed by atoms with Crippen molar-refractivity contribution in [1.82, 2.24) is 9.97 Å². The third-order valence-electron chi connectivity index (χ3n) is 3.67. The van der Waals surface area contributed by atoms with Crippen molar-refractivity contribution in [2.24, 2.45) is 0 Å². The van der Waals surface area contributed by atoms with E-state index in [4.69, 9.17) is 11.6 Å². The summed E-state index contributed by atoms with van der Waals surface area (Å²) in [6.07, 6.45) is 1.85. The Kier molecular flexibility index (Phi) is 2.91. The molecule has 5 heteroatoms. The van der Waals surface area contributed by atoms with Gasteiger partial charge in [-0.05, 0) is 36.4 Å². The number of carbonyl (C=O) groups is 1. The number of rotatable bonds is 2. The van der Waals surface area contributed by atoms with E-state index in [-0.39, 0.29) is 5.91 Å². The molecule has 0 saturated heterocycles. The van der Waals surface area contributed by atoms with Crippen LogP contribution in [0, 0.1) is 0 Å². The Balaban J connectivity index is 1.70. The first kappa shape index (κ1) is 13.0. The molecular formula is C17H12ClN3O. The van der Waals surface area contributed by atoms with Gasteiger partial charge in [-0.2, -0.15) is 0 Å². The fourth-order valence-corrected chi connectivity index (χ4v) is 2.78. The molecule has 0 radical (unpaired) electrons. The topological polar surface area (TPSA) is 60.7 Å². The molecule has 108 valence electrons. The van der Waals surface area contributed by atoms with Gasteiger partial charge in [0.15, 0.2) is 0 Å². The lowest BCUT2D eigenvalue weighted by molar-refractivity contribution is 0.102. The number of aromatic amines is 2. The van der Waals surface area contributed by atoms with Crippen molar-refractivity contribution in [3.05, 3.63) is 65.4 Å². The predicted octanol–water partition coefficient (Wildman–Crippen LogP) is 4.55. The quantitative estimate of drug-likeness (QED) is 0.499. The van der Waals surface area contributed by atoms with Gasteiger partial charge in [0.1, 0.15) is 5.69 Å². The molecule has 0 aliphatic heterocycles. The SMILES string of the molecule is O=C(Nc1cccc2[nH]ccc12)c1cc2ccc(Cl)cc2[nH]1. The molecule has 3 N–H and O–H groups in total. The first-order valence-corrected chi connectivity index (χ1v) is 7.24. The predicted molar refractivity (Wildman–Crippen MR) is 89.6 cm³/mol. The molecule has 22 heavy (non-hydrogen) atoms. The largest absolute Gasteiger partial charge is 0.361 e. The van der Waals surface area contributed by atoms with Gasteiger partial charge in [0.2, 0.25) is 0 Å². The van der Waals surface area contributed by atoms with Crippen LogP contribution in [0.4, 0.5) is 5.69 Å². The Morgan fingerprint density at radius 1 is 1.05 bits per heavy atom. The fraction of sp³-hybridized carbons (Fsp3) is 0. The molecule has 4 aromatic rings. The Morgan fingerprint density at radius 2 is 1.95 bits per heavy atom. The van der Waals surface area contributed by atoms with E-state index >= 15 is 0 Å². The van der Waals surface area contributed by atoms with E-state index in [9.17, 15) is 4.79 Å². The normalized spacial score (nSPS) is 11.1. The monoisotopic (exact) mass is 309 g/mol. The summed E-state index contributed by atoms with van der Waals surface area (Å²) in [6.45, 7) is 0. The van der Waals surface area contributed by atoms with Gasteiger partial charge < -0.3 is 15.3 Å². The number of halogens is 1. The van der Waals surface area contributed by atoms with Crippen LogP contribution in [0.5, 0.6) is 0 Å². The van der Waals surface area contributed by atoms with Gasteiger partial charge in [0.25, 0.3) is 5.91 Å². The molecule has 0 unspecified atom stereocenters. The lowest BCUT2D eigenvalue weighted by Gasteiger charge is -2.05. The molecule has 4 nitrogen and oxygen atoms in total. The minimum absolute atomic E-state index is 0.180. The van der Waals surface area contributed by atoms with E-state index in [0.717, 1.165) is 27.5 Å². The Morgan fingerprint density at radius 3 is 2.86 bits per heavy atom.